The quantitative estimate of drug-likeness (QED) is 0.801. The zero-order chi connectivity index (χ0) is 12.5. The molecule has 0 radical (unpaired) electrons. The SMILES string of the molecule is O=C(Cc1ccncc1Cl)c1cc2c(s1)CCC2. The van der Waals surface area contributed by atoms with Crippen molar-refractivity contribution in [2.24, 2.45) is 0 Å². The van der Waals surface area contributed by atoms with E-state index in [0.29, 0.717) is 11.4 Å². The number of fused-ring (bicyclic) bond motifs is 1. The minimum absolute atomic E-state index is 0.155. The van der Waals surface area contributed by atoms with E-state index in [9.17, 15) is 4.79 Å². The number of carbonyl (C=O) groups excluding carboxylic acids is 1. The first-order valence-corrected chi connectivity index (χ1v) is 7.16. The van der Waals surface area contributed by atoms with Crippen LogP contribution in [0.4, 0.5) is 0 Å². The maximum absolute atomic E-state index is 12.2. The van der Waals surface area contributed by atoms with E-state index in [2.05, 4.69) is 11.1 Å². The molecule has 0 aromatic carbocycles. The highest BCUT2D eigenvalue weighted by molar-refractivity contribution is 7.14. The average Bonchev–Trinajstić information content (AvgIpc) is 2.92. The maximum Gasteiger partial charge on any atom is 0.177 e. The fourth-order valence-electron chi connectivity index (χ4n) is 2.27. The number of thiophene rings is 1. The number of hydrogen-bond donors (Lipinski definition) is 0. The van der Waals surface area contributed by atoms with Crippen LogP contribution in [0.3, 0.4) is 0 Å². The molecule has 0 fully saturated rings. The van der Waals surface area contributed by atoms with Gasteiger partial charge in [-0.15, -0.1) is 11.3 Å². The van der Waals surface area contributed by atoms with Crippen LogP contribution < -0.4 is 0 Å². The van der Waals surface area contributed by atoms with Gasteiger partial charge < -0.3 is 0 Å². The van der Waals surface area contributed by atoms with Gasteiger partial charge in [0.15, 0.2) is 5.78 Å². The molecule has 2 heterocycles. The Morgan fingerprint density at radius 3 is 3.11 bits per heavy atom. The van der Waals surface area contributed by atoms with Gasteiger partial charge in [0.2, 0.25) is 0 Å². The van der Waals surface area contributed by atoms with Crippen molar-refractivity contribution in [3.05, 3.63) is 50.4 Å². The summed E-state index contributed by atoms with van der Waals surface area (Å²) in [5, 5.41) is 0.565. The van der Waals surface area contributed by atoms with Gasteiger partial charge in [-0.25, -0.2) is 0 Å². The van der Waals surface area contributed by atoms with E-state index in [1.165, 1.54) is 16.9 Å². The molecule has 0 aliphatic heterocycles. The highest BCUT2D eigenvalue weighted by atomic mass is 35.5. The molecule has 2 aromatic rings. The summed E-state index contributed by atoms with van der Waals surface area (Å²) in [6, 6.07) is 3.87. The molecule has 0 spiro atoms. The first-order valence-electron chi connectivity index (χ1n) is 5.97. The molecule has 92 valence electrons. The third-order valence-electron chi connectivity index (χ3n) is 3.23. The van der Waals surface area contributed by atoms with Gasteiger partial charge in [-0.2, -0.15) is 0 Å². The van der Waals surface area contributed by atoms with Crippen LogP contribution in [0.5, 0.6) is 0 Å². The van der Waals surface area contributed by atoms with Crippen LogP contribution in [-0.4, -0.2) is 10.8 Å². The Morgan fingerprint density at radius 1 is 1.44 bits per heavy atom. The fourth-order valence-corrected chi connectivity index (χ4v) is 3.65. The van der Waals surface area contributed by atoms with Crippen LogP contribution in [0.15, 0.2) is 24.5 Å². The van der Waals surface area contributed by atoms with Crippen LogP contribution >= 0.6 is 22.9 Å². The molecule has 0 unspecified atom stereocenters. The topological polar surface area (TPSA) is 30.0 Å². The van der Waals surface area contributed by atoms with E-state index in [0.717, 1.165) is 23.3 Å². The number of Topliss-reactive ketones (excluding diaryl/α,β-unsaturated/α-hetero) is 1. The summed E-state index contributed by atoms with van der Waals surface area (Å²) in [6.07, 6.45) is 7.09. The normalized spacial score (nSPS) is 13.6. The molecule has 3 rings (SSSR count). The second kappa shape index (κ2) is 4.82. The molecule has 0 N–H and O–H groups in total. The molecule has 0 bridgehead atoms. The fraction of sp³-hybridized carbons (Fsp3) is 0.286. The van der Waals surface area contributed by atoms with Gasteiger partial charge in [0, 0.05) is 23.7 Å². The van der Waals surface area contributed by atoms with E-state index >= 15 is 0 Å². The Hall–Kier alpha value is -1.19. The molecule has 18 heavy (non-hydrogen) atoms. The van der Waals surface area contributed by atoms with Gasteiger partial charge in [-0.05, 0) is 42.5 Å². The number of rotatable bonds is 3. The minimum atomic E-state index is 0.155. The third-order valence-corrected chi connectivity index (χ3v) is 4.85. The van der Waals surface area contributed by atoms with Crippen molar-refractivity contribution in [2.45, 2.75) is 25.7 Å². The standard InChI is InChI=1S/C14H12ClNOS/c15-11-8-16-5-4-9(11)6-12(17)14-7-10-2-1-3-13(10)18-14/h4-5,7-8H,1-3,6H2. The molecule has 0 saturated heterocycles. The van der Waals surface area contributed by atoms with Crippen LogP contribution in [0, 0.1) is 0 Å². The molecule has 1 aliphatic rings. The number of hydrogen-bond acceptors (Lipinski definition) is 3. The lowest BCUT2D eigenvalue weighted by atomic mass is 10.1. The van der Waals surface area contributed by atoms with E-state index < -0.39 is 0 Å². The number of nitrogens with zero attached hydrogens (tertiary/aromatic N) is 1. The monoisotopic (exact) mass is 277 g/mol. The number of pyridine rings is 1. The third kappa shape index (κ3) is 2.20. The van der Waals surface area contributed by atoms with E-state index in [4.69, 9.17) is 11.6 Å². The Morgan fingerprint density at radius 2 is 2.33 bits per heavy atom. The van der Waals surface area contributed by atoms with E-state index in [1.807, 2.05) is 6.07 Å². The molecular weight excluding hydrogens is 266 g/mol. The van der Waals surface area contributed by atoms with Gasteiger partial charge in [-0.3, -0.25) is 9.78 Å². The van der Waals surface area contributed by atoms with Gasteiger partial charge in [0.25, 0.3) is 0 Å². The summed E-state index contributed by atoms with van der Waals surface area (Å²) in [7, 11) is 0. The van der Waals surface area contributed by atoms with Gasteiger partial charge >= 0.3 is 0 Å². The zero-order valence-corrected chi connectivity index (χ0v) is 11.4. The van der Waals surface area contributed by atoms with Crippen LogP contribution in [0.25, 0.3) is 0 Å². The second-order valence-corrected chi connectivity index (χ2v) is 6.02. The van der Waals surface area contributed by atoms with Gasteiger partial charge in [-0.1, -0.05) is 11.6 Å². The summed E-state index contributed by atoms with van der Waals surface area (Å²) in [5.41, 5.74) is 2.22. The Bertz CT molecular complexity index is 584. The highest BCUT2D eigenvalue weighted by Gasteiger charge is 2.19. The van der Waals surface area contributed by atoms with Gasteiger partial charge in [0.1, 0.15) is 0 Å². The number of ketones is 1. The molecule has 1 aliphatic carbocycles. The van der Waals surface area contributed by atoms with Crippen molar-refractivity contribution < 1.29 is 4.79 Å². The first kappa shape index (κ1) is 11.9. The van der Waals surface area contributed by atoms with Crippen molar-refractivity contribution in [1.29, 1.82) is 0 Å². The lowest BCUT2D eigenvalue weighted by Gasteiger charge is -2.01. The summed E-state index contributed by atoms with van der Waals surface area (Å²) in [4.78, 5) is 18.4. The highest BCUT2D eigenvalue weighted by Crippen LogP contribution is 2.31. The van der Waals surface area contributed by atoms with Crippen molar-refractivity contribution in [3.8, 4) is 0 Å². The smallest absolute Gasteiger partial charge is 0.177 e. The lowest BCUT2D eigenvalue weighted by molar-refractivity contribution is 0.0997. The van der Waals surface area contributed by atoms with Crippen molar-refractivity contribution >= 4 is 28.7 Å². The van der Waals surface area contributed by atoms with Crippen LogP contribution in [0.1, 0.15) is 32.1 Å². The summed E-state index contributed by atoms with van der Waals surface area (Å²) in [6.45, 7) is 0. The molecule has 0 atom stereocenters. The average molecular weight is 278 g/mol. The van der Waals surface area contributed by atoms with Crippen molar-refractivity contribution in [3.63, 3.8) is 0 Å². The zero-order valence-electron chi connectivity index (χ0n) is 9.78. The summed E-state index contributed by atoms with van der Waals surface area (Å²) in [5.74, 6) is 0.155. The first-order chi connectivity index (χ1) is 8.74. The van der Waals surface area contributed by atoms with Crippen LogP contribution in [-0.2, 0) is 19.3 Å². The number of carbonyl (C=O) groups is 1. The van der Waals surface area contributed by atoms with Crippen molar-refractivity contribution in [2.75, 3.05) is 0 Å². The van der Waals surface area contributed by atoms with Gasteiger partial charge in [0.05, 0.1) is 9.90 Å². The second-order valence-electron chi connectivity index (χ2n) is 4.48. The molecule has 2 aromatic heterocycles. The summed E-state index contributed by atoms with van der Waals surface area (Å²) >= 11 is 7.67. The van der Waals surface area contributed by atoms with Crippen molar-refractivity contribution in [1.82, 2.24) is 4.98 Å². The molecule has 0 saturated carbocycles. The lowest BCUT2D eigenvalue weighted by Crippen LogP contribution is -2.02. The molecule has 4 heteroatoms. The molecule has 0 amide bonds. The predicted octanol–water partition coefficient (Wildman–Crippen LogP) is 3.71. The van der Waals surface area contributed by atoms with E-state index in [1.54, 1.807) is 23.7 Å². The number of aryl methyl sites for hydroxylation is 2. The predicted molar refractivity (Wildman–Crippen MR) is 73.6 cm³/mol. The Labute approximate surface area is 115 Å². The summed E-state index contributed by atoms with van der Waals surface area (Å²) < 4.78 is 0. The minimum Gasteiger partial charge on any atom is -0.293 e. The molecule has 2 nitrogen and oxygen atoms in total. The molecular formula is C14H12ClNOS. The van der Waals surface area contributed by atoms with E-state index in [-0.39, 0.29) is 5.78 Å². The van der Waals surface area contributed by atoms with Crippen LogP contribution in [0.2, 0.25) is 5.02 Å². The maximum atomic E-state index is 12.2. The number of halogens is 1. The largest absolute Gasteiger partial charge is 0.293 e. The Kier molecular flexibility index (Phi) is 3.18. The Balaban J connectivity index is 1.81. The number of aromatic nitrogens is 1.